The van der Waals surface area contributed by atoms with Gasteiger partial charge in [0, 0.05) is 13.0 Å². The fourth-order valence-electron chi connectivity index (χ4n) is 2.54. The summed E-state index contributed by atoms with van der Waals surface area (Å²) in [6.45, 7) is 4.23. The molecule has 2 rings (SSSR count). The molecule has 0 fully saturated rings. The van der Waals surface area contributed by atoms with Crippen LogP contribution in [0.5, 0.6) is 0 Å². The number of sulfonamides is 1. The number of hydrogen-bond donors (Lipinski definition) is 3. The largest absolute Gasteiger partial charge is 0.416 e. The molecule has 0 unspecified atom stereocenters. The smallest absolute Gasteiger partial charge is 0.325 e. The average Bonchev–Trinajstić information content (AvgIpc) is 2.60. The lowest BCUT2D eigenvalue weighted by atomic mass is 10.1. The van der Waals surface area contributed by atoms with E-state index in [2.05, 4.69) is 15.4 Å². The minimum atomic E-state index is -4.74. The Kier molecular flexibility index (Phi) is 7.06. The van der Waals surface area contributed by atoms with Crippen molar-refractivity contribution in [2.75, 3.05) is 10.6 Å². The van der Waals surface area contributed by atoms with Crippen LogP contribution in [0.1, 0.15) is 36.7 Å². The summed E-state index contributed by atoms with van der Waals surface area (Å²) in [5.41, 5.74) is -2.42. The van der Waals surface area contributed by atoms with E-state index in [9.17, 15) is 35.6 Å². The highest BCUT2D eigenvalue weighted by atomic mass is 32.2. The summed E-state index contributed by atoms with van der Waals surface area (Å²) >= 11 is 0. The van der Waals surface area contributed by atoms with Crippen molar-refractivity contribution >= 4 is 33.2 Å². The summed E-state index contributed by atoms with van der Waals surface area (Å²) in [6, 6.07) is 4.20. The first kappa shape index (κ1) is 24.3. The molecule has 0 atom stereocenters. The first-order chi connectivity index (χ1) is 14.2. The molecule has 0 aliphatic rings. The van der Waals surface area contributed by atoms with Crippen molar-refractivity contribution in [1.29, 1.82) is 0 Å². The van der Waals surface area contributed by atoms with E-state index >= 15 is 0 Å². The Morgan fingerprint density at radius 2 is 1.61 bits per heavy atom. The maximum atomic E-state index is 14.2. The molecule has 0 aliphatic carbocycles. The number of halogens is 4. The zero-order chi connectivity index (χ0) is 23.6. The Morgan fingerprint density at radius 3 is 2.16 bits per heavy atom. The third kappa shape index (κ3) is 6.25. The fraction of sp³-hybridized carbons (Fsp3) is 0.263. The van der Waals surface area contributed by atoms with Gasteiger partial charge >= 0.3 is 6.18 Å². The van der Waals surface area contributed by atoms with Gasteiger partial charge in [0.15, 0.2) is 0 Å². The van der Waals surface area contributed by atoms with Crippen LogP contribution in [0.25, 0.3) is 0 Å². The molecule has 2 amide bonds. The molecule has 2 aromatic carbocycles. The molecule has 0 saturated heterocycles. The van der Waals surface area contributed by atoms with Gasteiger partial charge in [0.2, 0.25) is 15.9 Å². The van der Waals surface area contributed by atoms with Gasteiger partial charge in [0.1, 0.15) is 5.82 Å². The minimum absolute atomic E-state index is 0.153. The number of nitrogens with one attached hydrogen (secondary N) is 3. The van der Waals surface area contributed by atoms with E-state index in [1.165, 1.54) is 0 Å². The highest BCUT2D eigenvalue weighted by Crippen LogP contribution is 2.34. The zero-order valence-corrected chi connectivity index (χ0v) is 17.4. The number of amides is 2. The molecule has 0 spiro atoms. The Bertz CT molecular complexity index is 1120. The van der Waals surface area contributed by atoms with Gasteiger partial charge in [0.05, 0.1) is 27.4 Å². The quantitative estimate of drug-likeness (QED) is 0.570. The summed E-state index contributed by atoms with van der Waals surface area (Å²) in [5, 5.41) is 4.36. The summed E-state index contributed by atoms with van der Waals surface area (Å²) in [6.07, 6.45) is -4.74. The lowest BCUT2D eigenvalue weighted by Gasteiger charge is -2.15. The van der Waals surface area contributed by atoms with E-state index in [0.29, 0.717) is 12.1 Å². The molecule has 2 aromatic rings. The number of carbonyl (C=O) groups excluding carboxylic acids is 2. The Balaban J connectivity index is 2.47. The van der Waals surface area contributed by atoms with Crippen LogP contribution in [0, 0.1) is 5.82 Å². The summed E-state index contributed by atoms with van der Waals surface area (Å²) < 4.78 is 80.2. The molecule has 0 heterocycles. The van der Waals surface area contributed by atoms with Crippen LogP contribution in [-0.4, -0.2) is 26.3 Å². The molecule has 0 bridgehead atoms. The number of anilines is 2. The van der Waals surface area contributed by atoms with Crippen molar-refractivity contribution in [3.05, 3.63) is 53.3 Å². The number of alkyl halides is 3. The highest BCUT2D eigenvalue weighted by Gasteiger charge is 2.31. The van der Waals surface area contributed by atoms with Crippen LogP contribution in [0.2, 0.25) is 0 Å². The SMILES string of the molecule is CC(=O)Nc1ccc(C(F)(F)F)cc1NC(=O)c1cc(S(=O)(=O)NC(C)C)ccc1F. The van der Waals surface area contributed by atoms with Crippen LogP contribution < -0.4 is 15.4 Å². The molecule has 168 valence electrons. The van der Waals surface area contributed by atoms with Crippen molar-refractivity contribution in [2.45, 2.75) is 37.9 Å². The number of benzene rings is 2. The molecule has 0 saturated carbocycles. The average molecular weight is 461 g/mol. The van der Waals surface area contributed by atoms with E-state index in [0.717, 1.165) is 31.2 Å². The van der Waals surface area contributed by atoms with E-state index in [1.54, 1.807) is 13.8 Å². The maximum absolute atomic E-state index is 14.2. The van der Waals surface area contributed by atoms with Gasteiger partial charge in [-0.3, -0.25) is 9.59 Å². The third-order valence-corrected chi connectivity index (χ3v) is 5.45. The molecule has 12 heteroatoms. The molecule has 0 aliphatic heterocycles. The van der Waals surface area contributed by atoms with Crippen molar-refractivity contribution in [2.24, 2.45) is 0 Å². The lowest BCUT2D eigenvalue weighted by molar-refractivity contribution is -0.137. The normalized spacial score (nSPS) is 12.0. The first-order valence-corrected chi connectivity index (χ1v) is 10.3. The molecular weight excluding hydrogens is 442 g/mol. The molecular formula is C19H19F4N3O4S. The van der Waals surface area contributed by atoms with Crippen molar-refractivity contribution < 1.29 is 35.6 Å². The van der Waals surface area contributed by atoms with Gasteiger partial charge < -0.3 is 10.6 Å². The molecule has 7 nitrogen and oxygen atoms in total. The second-order valence-electron chi connectivity index (χ2n) is 6.81. The monoisotopic (exact) mass is 461 g/mol. The highest BCUT2D eigenvalue weighted by molar-refractivity contribution is 7.89. The Labute approximate surface area is 175 Å². The first-order valence-electron chi connectivity index (χ1n) is 8.83. The second-order valence-corrected chi connectivity index (χ2v) is 8.53. The van der Waals surface area contributed by atoms with E-state index in [1.807, 2.05) is 0 Å². The van der Waals surface area contributed by atoms with Gasteiger partial charge in [0.25, 0.3) is 5.91 Å². The third-order valence-electron chi connectivity index (χ3n) is 3.79. The van der Waals surface area contributed by atoms with E-state index < -0.39 is 61.6 Å². The second kappa shape index (κ2) is 9.02. The van der Waals surface area contributed by atoms with Gasteiger partial charge in [-0.25, -0.2) is 17.5 Å². The Morgan fingerprint density at radius 1 is 0.968 bits per heavy atom. The molecule has 0 aromatic heterocycles. The van der Waals surface area contributed by atoms with Crippen LogP contribution in [-0.2, 0) is 21.0 Å². The minimum Gasteiger partial charge on any atom is -0.325 e. The van der Waals surface area contributed by atoms with Crippen LogP contribution in [0.15, 0.2) is 41.3 Å². The van der Waals surface area contributed by atoms with Gasteiger partial charge in [-0.1, -0.05) is 0 Å². The summed E-state index contributed by atoms with van der Waals surface area (Å²) in [7, 11) is -4.06. The zero-order valence-electron chi connectivity index (χ0n) is 16.6. The molecule has 0 radical (unpaired) electrons. The lowest BCUT2D eigenvalue weighted by Crippen LogP contribution is -2.30. The van der Waals surface area contributed by atoms with Crippen molar-refractivity contribution in [1.82, 2.24) is 4.72 Å². The molecule has 3 N–H and O–H groups in total. The maximum Gasteiger partial charge on any atom is 0.416 e. The standard InChI is InChI=1S/C19H19F4N3O4S/c1-10(2)26-31(29,30)13-5-6-15(20)14(9-13)18(28)25-17-8-12(19(21,22)23)4-7-16(17)24-11(3)27/h4-10,26H,1-3H3,(H,24,27)(H,25,28). The van der Waals surface area contributed by atoms with Gasteiger partial charge in [-0.15, -0.1) is 0 Å². The fourth-order valence-corrected chi connectivity index (χ4v) is 3.81. The molecule has 31 heavy (non-hydrogen) atoms. The topological polar surface area (TPSA) is 104 Å². The van der Waals surface area contributed by atoms with Crippen LogP contribution in [0.4, 0.5) is 28.9 Å². The summed E-state index contributed by atoms with van der Waals surface area (Å²) in [4.78, 5) is 23.5. The number of hydrogen-bond acceptors (Lipinski definition) is 4. The van der Waals surface area contributed by atoms with Gasteiger partial charge in [-0.05, 0) is 50.2 Å². The predicted molar refractivity (Wildman–Crippen MR) is 106 cm³/mol. The summed E-state index contributed by atoms with van der Waals surface area (Å²) in [5.74, 6) is -2.91. The van der Waals surface area contributed by atoms with Crippen LogP contribution in [0.3, 0.4) is 0 Å². The van der Waals surface area contributed by atoms with E-state index in [4.69, 9.17) is 0 Å². The predicted octanol–water partition coefficient (Wildman–Crippen LogP) is 3.74. The number of rotatable bonds is 6. The Hall–Kier alpha value is -2.99. The van der Waals surface area contributed by atoms with Crippen molar-refractivity contribution in [3.8, 4) is 0 Å². The van der Waals surface area contributed by atoms with Crippen LogP contribution >= 0.6 is 0 Å². The number of carbonyl (C=O) groups is 2. The van der Waals surface area contributed by atoms with E-state index in [-0.39, 0.29) is 5.69 Å². The van der Waals surface area contributed by atoms with Gasteiger partial charge in [-0.2, -0.15) is 13.2 Å². The van der Waals surface area contributed by atoms with Crippen molar-refractivity contribution in [3.63, 3.8) is 0 Å².